The summed E-state index contributed by atoms with van der Waals surface area (Å²) in [6.07, 6.45) is 0.657. The molecule has 92 valence electrons. The van der Waals surface area contributed by atoms with E-state index in [4.69, 9.17) is 10.8 Å². The molecule has 0 atom stereocenters. The number of amides is 2. The van der Waals surface area contributed by atoms with Crippen LogP contribution in [0.1, 0.15) is 13.3 Å². The van der Waals surface area contributed by atoms with E-state index in [9.17, 15) is 14.4 Å². The van der Waals surface area contributed by atoms with E-state index in [1.165, 1.54) is 4.90 Å². The molecule has 7 nitrogen and oxygen atoms in total. The quantitative estimate of drug-likeness (QED) is 0.487. The molecule has 4 N–H and O–H groups in total. The molecule has 0 aromatic carbocycles. The molecule has 0 heterocycles. The predicted molar refractivity (Wildman–Crippen MR) is 56.6 cm³/mol. The van der Waals surface area contributed by atoms with Gasteiger partial charge >= 0.3 is 5.97 Å². The van der Waals surface area contributed by atoms with E-state index in [0.29, 0.717) is 13.0 Å². The summed E-state index contributed by atoms with van der Waals surface area (Å²) < 4.78 is 0. The second-order valence-corrected chi connectivity index (χ2v) is 3.19. The highest BCUT2D eigenvalue weighted by atomic mass is 16.4. The van der Waals surface area contributed by atoms with Gasteiger partial charge in [0.1, 0.15) is 6.54 Å². The summed E-state index contributed by atoms with van der Waals surface area (Å²) in [4.78, 5) is 34.0. The molecule has 0 aromatic rings. The van der Waals surface area contributed by atoms with E-state index in [1.54, 1.807) is 0 Å². The van der Waals surface area contributed by atoms with Crippen LogP contribution in [0.4, 0.5) is 0 Å². The number of hydrogen-bond acceptors (Lipinski definition) is 4. The number of nitrogens with two attached hydrogens (primary N) is 1. The first-order chi connectivity index (χ1) is 7.51. The summed E-state index contributed by atoms with van der Waals surface area (Å²) in [7, 11) is 0. The van der Waals surface area contributed by atoms with Crippen molar-refractivity contribution in [3.05, 3.63) is 0 Å². The number of nitrogens with zero attached hydrogens (tertiary/aromatic N) is 1. The Bertz CT molecular complexity index is 267. The lowest BCUT2D eigenvalue weighted by Crippen LogP contribution is -2.44. The number of nitrogens with one attached hydrogen (secondary N) is 1. The molecule has 0 saturated carbocycles. The van der Waals surface area contributed by atoms with Crippen LogP contribution in [0.2, 0.25) is 0 Å². The monoisotopic (exact) mass is 231 g/mol. The van der Waals surface area contributed by atoms with Crippen molar-refractivity contribution in [1.29, 1.82) is 0 Å². The Hall–Kier alpha value is -1.63. The SMILES string of the molecule is CCCN(CC(=O)O)C(=O)CNC(=O)CN. The third kappa shape index (κ3) is 5.97. The van der Waals surface area contributed by atoms with Crippen molar-refractivity contribution in [2.45, 2.75) is 13.3 Å². The van der Waals surface area contributed by atoms with Crippen LogP contribution in [-0.2, 0) is 14.4 Å². The minimum absolute atomic E-state index is 0.194. The Kier molecular flexibility index (Phi) is 6.86. The maximum Gasteiger partial charge on any atom is 0.323 e. The zero-order valence-corrected chi connectivity index (χ0v) is 9.23. The Morgan fingerprint density at radius 2 is 2.00 bits per heavy atom. The average molecular weight is 231 g/mol. The van der Waals surface area contributed by atoms with E-state index in [1.807, 2.05) is 6.92 Å². The number of carbonyl (C=O) groups is 3. The Morgan fingerprint density at radius 3 is 2.44 bits per heavy atom. The second kappa shape index (κ2) is 7.63. The molecule has 0 fully saturated rings. The van der Waals surface area contributed by atoms with E-state index in [-0.39, 0.29) is 19.6 Å². The third-order valence-corrected chi connectivity index (χ3v) is 1.79. The number of aliphatic carboxylic acids is 1. The number of hydrogen-bond donors (Lipinski definition) is 3. The Balaban J connectivity index is 4.16. The normalized spacial score (nSPS) is 9.62. The van der Waals surface area contributed by atoms with E-state index >= 15 is 0 Å². The van der Waals surface area contributed by atoms with Gasteiger partial charge in [-0.1, -0.05) is 6.92 Å². The molecule has 0 aliphatic rings. The van der Waals surface area contributed by atoms with Crippen LogP contribution in [0, 0.1) is 0 Å². The van der Waals surface area contributed by atoms with Crippen LogP contribution in [0.25, 0.3) is 0 Å². The maximum absolute atomic E-state index is 11.5. The highest BCUT2D eigenvalue weighted by molar-refractivity contribution is 5.87. The first-order valence-corrected chi connectivity index (χ1v) is 4.97. The largest absolute Gasteiger partial charge is 0.480 e. The third-order valence-electron chi connectivity index (χ3n) is 1.79. The number of carbonyl (C=O) groups excluding carboxylic acids is 2. The number of rotatable bonds is 7. The summed E-state index contributed by atoms with van der Waals surface area (Å²) in [5.74, 6) is -1.95. The van der Waals surface area contributed by atoms with Gasteiger partial charge in [0.2, 0.25) is 11.8 Å². The van der Waals surface area contributed by atoms with Gasteiger partial charge in [0, 0.05) is 6.54 Å². The topological polar surface area (TPSA) is 113 Å². The molecule has 0 saturated heterocycles. The van der Waals surface area contributed by atoms with Gasteiger partial charge < -0.3 is 21.1 Å². The van der Waals surface area contributed by atoms with E-state index < -0.39 is 17.8 Å². The molecule has 0 rings (SSSR count). The molecule has 0 aliphatic carbocycles. The van der Waals surface area contributed by atoms with Gasteiger partial charge in [0.15, 0.2) is 0 Å². The molecular formula is C9H17N3O4. The summed E-state index contributed by atoms with van der Waals surface area (Å²) in [5.41, 5.74) is 5.04. The van der Waals surface area contributed by atoms with E-state index in [0.717, 1.165) is 0 Å². The molecule has 0 aliphatic heterocycles. The molecule has 0 unspecified atom stereocenters. The molecule has 0 bridgehead atoms. The minimum Gasteiger partial charge on any atom is -0.480 e. The van der Waals surface area contributed by atoms with Crippen molar-refractivity contribution in [3.8, 4) is 0 Å². The van der Waals surface area contributed by atoms with Gasteiger partial charge in [-0.15, -0.1) is 0 Å². The lowest BCUT2D eigenvalue weighted by atomic mass is 10.3. The van der Waals surface area contributed by atoms with Crippen LogP contribution >= 0.6 is 0 Å². The van der Waals surface area contributed by atoms with Gasteiger partial charge in [-0.2, -0.15) is 0 Å². The highest BCUT2D eigenvalue weighted by Crippen LogP contribution is 1.92. The number of carboxylic acid groups (broad SMARTS) is 1. The minimum atomic E-state index is -1.08. The van der Waals surface area contributed by atoms with Crippen molar-refractivity contribution in [3.63, 3.8) is 0 Å². The van der Waals surface area contributed by atoms with Crippen LogP contribution in [0.5, 0.6) is 0 Å². The first kappa shape index (κ1) is 14.4. The molecule has 0 spiro atoms. The average Bonchev–Trinajstić information content (AvgIpc) is 2.24. The van der Waals surface area contributed by atoms with Crippen molar-refractivity contribution in [1.82, 2.24) is 10.2 Å². The van der Waals surface area contributed by atoms with Crippen molar-refractivity contribution >= 4 is 17.8 Å². The fourth-order valence-electron chi connectivity index (χ4n) is 1.08. The zero-order chi connectivity index (χ0) is 12.6. The van der Waals surface area contributed by atoms with Gasteiger partial charge in [0.25, 0.3) is 0 Å². The molecule has 0 aromatic heterocycles. The van der Waals surface area contributed by atoms with Crippen LogP contribution in [0.15, 0.2) is 0 Å². The standard InChI is InChI=1S/C9H17N3O4/c1-2-3-12(6-9(15)16)8(14)5-11-7(13)4-10/h2-6,10H2,1H3,(H,11,13)(H,15,16). The Labute approximate surface area is 93.6 Å². The maximum atomic E-state index is 11.5. The van der Waals surface area contributed by atoms with Gasteiger partial charge in [-0.3, -0.25) is 14.4 Å². The van der Waals surface area contributed by atoms with Crippen molar-refractivity contribution in [2.24, 2.45) is 5.73 Å². The fraction of sp³-hybridized carbons (Fsp3) is 0.667. The summed E-state index contributed by atoms with van der Waals surface area (Å²) in [6.45, 7) is 1.42. The van der Waals surface area contributed by atoms with Gasteiger partial charge in [-0.25, -0.2) is 0 Å². The smallest absolute Gasteiger partial charge is 0.323 e. The fourth-order valence-corrected chi connectivity index (χ4v) is 1.08. The van der Waals surface area contributed by atoms with Crippen molar-refractivity contribution in [2.75, 3.05) is 26.2 Å². The summed E-state index contributed by atoms with van der Waals surface area (Å²) in [6, 6.07) is 0. The number of carboxylic acids is 1. The molecule has 2 amide bonds. The molecule has 0 radical (unpaired) electrons. The van der Waals surface area contributed by atoms with E-state index in [2.05, 4.69) is 5.32 Å². The van der Waals surface area contributed by atoms with Crippen LogP contribution < -0.4 is 11.1 Å². The molecular weight excluding hydrogens is 214 g/mol. The van der Waals surface area contributed by atoms with Gasteiger partial charge in [-0.05, 0) is 6.42 Å². The van der Waals surface area contributed by atoms with Crippen LogP contribution in [-0.4, -0.2) is 54.0 Å². The summed E-state index contributed by atoms with van der Waals surface area (Å²) in [5, 5.41) is 10.9. The van der Waals surface area contributed by atoms with Crippen molar-refractivity contribution < 1.29 is 19.5 Å². The van der Waals surface area contributed by atoms with Gasteiger partial charge in [0.05, 0.1) is 13.1 Å². The summed E-state index contributed by atoms with van der Waals surface area (Å²) >= 11 is 0. The lowest BCUT2D eigenvalue weighted by molar-refractivity contribution is -0.144. The highest BCUT2D eigenvalue weighted by Gasteiger charge is 2.15. The molecule has 7 heteroatoms. The zero-order valence-electron chi connectivity index (χ0n) is 9.23. The molecule has 16 heavy (non-hydrogen) atoms. The first-order valence-electron chi connectivity index (χ1n) is 4.97. The van der Waals surface area contributed by atoms with Crippen LogP contribution in [0.3, 0.4) is 0 Å². The predicted octanol–water partition coefficient (Wildman–Crippen LogP) is -1.62. The Morgan fingerprint density at radius 1 is 1.38 bits per heavy atom. The lowest BCUT2D eigenvalue weighted by Gasteiger charge is -2.19. The second-order valence-electron chi connectivity index (χ2n) is 3.19.